The topological polar surface area (TPSA) is 61.7 Å². The van der Waals surface area contributed by atoms with Crippen LogP contribution in [0.15, 0.2) is 35.4 Å². The van der Waals surface area contributed by atoms with Crippen molar-refractivity contribution in [1.82, 2.24) is 0 Å². The molecule has 1 aromatic carbocycles. The number of rotatable bonds is 3. The molecular formula is C9H10N2O2. The van der Waals surface area contributed by atoms with Crippen molar-refractivity contribution >= 4 is 17.4 Å². The largest absolute Gasteiger partial charge is 0.477 e. The van der Waals surface area contributed by atoms with Gasteiger partial charge in [-0.3, -0.25) is 5.43 Å². The van der Waals surface area contributed by atoms with Crippen LogP contribution in [0.3, 0.4) is 0 Å². The second-order valence-electron chi connectivity index (χ2n) is 2.48. The van der Waals surface area contributed by atoms with E-state index >= 15 is 0 Å². The van der Waals surface area contributed by atoms with Crippen LogP contribution in [0.4, 0.5) is 5.69 Å². The SMILES string of the molecule is C/C(=N\Nc1ccccc1)C(=O)O. The van der Waals surface area contributed by atoms with Crippen LogP contribution in [0.25, 0.3) is 0 Å². The number of anilines is 1. The quantitative estimate of drug-likeness (QED) is 0.545. The molecule has 0 spiro atoms. The van der Waals surface area contributed by atoms with Gasteiger partial charge in [0.05, 0.1) is 5.69 Å². The lowest BCUT2D eigenvalue weighted by Gasteiger charge is -1.98. The summed E-state index contributed by atoms with van der Waals surface area (Å²) in [6.45, 7) is 1.43. The van der Waals surface area contributed by atoms with Gasteiger partial charge < -0.3 is 5.11 Å². The van der Waals surface area contributed by atoms with Gasteiger partial charge in [-0.2, -0.15) is 5.10 Å². The number of hydrazone groups is 1. The van der Waals surface area contributed by atoms with Crippen molar-refractivity contribution in [3.05, 3.63) is 30.3 Å². The van der Waals surface area contributed by atoms with Crippen LogP contribution < -0.4 is 5.43 Å². The molecule has 0 atom stereocenters. The minimum absolute atomic E-state index is 0.0313. The Balaban J connectivity index is 2.62. The Morgan fingerprint density at radius 1 is 1.38 bits per heavy atom. The molecule has 0 aliphatic heterocycles. The van der Waals surface area contributed by atoms with E-state index in [-0.39, 0.29) is 5.71 Å². The summed E-state index contributed by atoms with van der Waals surface area (Å²) in [4.78, 5) is 10.3. The first-order valence-electron chi connectivity index (χ1n) is 3.79. The van der Waals surface area contributed by atoms with Gasteiger partial charge in [0.25, 0.3) is 0 Å². The predicted molar refractivity (Wildman–Crippen MR) is 50.8 cm³/mol. The minimum Gasteiger partial charge on any atom is -0.477 e. The van der Waals surface area contributed by atoms with E-state index in [4.69, 9.17) is 5.11 Å². The number of carboxylic acids is 1. The van der Waals surface area contributed by atoms with E-state index in [1.165, 1.54) is 6.92 Å². The lowest BCUT2D eigenvalue weighted by atomic mass is 10.3. The Kier molecular flexibility index (Phi) is 3.03. The number of nitrogens with zero attached hydrogens (tertiary/aromatic N) is 1. The zero-order chi connectivity index (χ0) is 9.68. The lowest BCUT2D eigenvalue weighted by Crippen LogP contribution is -2.10. The van der Waals surface area contributed by atoms with Crippen LogP contribution in [0.2, 0.25) is 0 Å². The molecule has 0 fully saturated rings. The molecule has 0 aliphatic rings. The molecular weight excluding hydrogens is 168 g/mol. The fraction of sp³-hybridized carbons (Fsp3) is 0.111. The summed E-state index contributed by atoms with van der Waals surface area (Å²) in [5.74, 6) is -1.02. The minimum atomic E-state index is -1.02. The molecule has 0 aromatic heterocycles. The van der Waals surface area contributed by atoms with E-state index in [1.54, 1.807) is 12.1 Å². The molecule has 4 nitrogen and oxygen atoms in total. The molecule has 13 heavy (non-hydrogen) atoms. The van der Waals surface area contributed by atoms with Crippen LogP contribution in [-0.2, 0) is 4.79 Å². The molecule has 2 N–H and O–H groups in total. The molecule has 1 rings (SSSR count). The molecule has 4 heteroatoms. The molecule has 0 radical (unpaired) electrons. The molecule has 0 saturated heterocycles. The number of hydrogen-bond donors (Lipinski definition) is 2. The van der Waals surface area contributed by atoms with Crippen molar-refractivity contribution in [2.75, 3.05) is 5.43 Å². The number of aliphatic carboxylic acids is 1. The van der Waals surface area contributed by atoms with Crippen molar-refractivity contribution in [3.8, 4) is 0 Å². The van der Waals surface area contributed by atoms with Gasteiger partial charge in [0.15, 0.2) is 0 Å². The van der Waals surface area contributed by atoms with E-state index in [0.29, 0.717) is 0 Å². The maximum atomic E-state index is 10.3. The third-order valence-electron chi connectivity index (χ3n) is 1.44. The highest BCUT2D eigenvalue weighted by atomic mass is 16.4. The highest BCUT2D eigenvalue weighted by Crippen LogP contribution is 2.04. The Morgan fingerprint density at radius 2 is 2.00 bits per heavy atom. The normalized spacial score (nSPS) is 11.0. The van der Waals surface area contributed by atoms with Gasteiger partial charge in [0.2, 0.25) is 0 Å². The zero-order valence-corrected chi connectivity index (χ0v) is 7.19. The maximum absolute atomic E-state index is 10.3. The van der Waals surface area contributed by atoms with E-state index < -0.39 is 5.97 Å². The summed E-state index contributed by atoms with van der Waals surface area (Å²) in [7, 11) is 0. The van der Waals surface area contributed by atoms with E-state index in [2.05, 4.69) is 10.5 Å². The van der Waals surface area contributed by atoms with Gasteiger partial charge in [-0.15, -0.1) is 0 Å². The number of para-hydroxylation sites is 1. The van der Waals surface area contributed by atoms with Crippen molar-refractivity contribution in [1.29, 1.82) is 0 Å². The summed E-state index contributed by atoms with van der Waals surface area (Å²) >= 11 is 0. The average Bonchev–Trinajstić information content (AvgIpc) is 2.15. The third kappa shape index (κ3) is 2.94. The molecule has 0 heterocycles. The van der Waals surface area contributed by atoms with Crippen LogP contribution in [0, 0.1) is 0 Å². The number of carboxylic acid groups (broad SMARTS) is 1. The van der Waals surface area contributed by atoms with Gasteiger partial charge in [-0.1, -0.05) is 18.2 Å². The number of carbonyl (C=O) groups is 1. The first-order chi connectivity index (χ1) is 6.20. The summed E-state index contributed by atoms with van der Waals surface area (Å²) in [6.07, 6.45) is 0. The standard InChI is InChI=1S/C9H10N2O2/c1-7(9(12)13)10-11-8-5-3-2-4-6-8/h2-6,11H,1H3,(H,12,13)/b10-7+. The first-order valence-corrected chi connectivity index (χ1v) is 3.79. The van der Waals surface area contributed by atoms with Crippen LogP contribution in [0.1, 0.15) is 6.92 Å². The monoisotopic (exact) mass is 178 g/mol. The van der Waals surface area contributed by atoms with Crippen molar-refractivity contribution in [2.24, 2.45) is 5.10 Å². The molecule has 0 amide bonds. The van der Waals surface area contributed by atoms with E-state index in [9.17, 15) is 4.79 Å². The number of benzene rings is 1. The van der Waals surface area contributed by atoms with Gasteiger partial charge >= 0.3 is 5.97 Å². The van der Waals surface area contributed by atoms with E-state index in [1.807, 2.05) is 18.2 Å². The predicted octanol–water partition coefficient (Wildman–Crippen LogP) is 1.56. The molecule has 68 valence electrons. The second kappa shape index (κ2) is 4.25. The fourth-order valence-corrected chi connectivity index (χ4v) is 0.709. The van der Waals surface area contributed by atoms with Gasteiger partial charge in [0, 0.05) is 0 Å². The first kappa shape index (κ1) is 9.25. The van der Waals surface area contributed by atoms with Crippen molar-refractivity contribution < 1.29 is 9.90 Å². The summed E-state index contributed by atoms with van der Waals surface area (Å²) < 4.78 is 0. The number of nitrogens with one attached hydrogen (secondary N) is 1. The maximum Gasteiger partial charge on any atom is 0.351 e. The number of hydrogen-bond acceptors (Lipinski definition) is 3. The zero-order valence-electron chi connectivity index (χ0n) is 7.19. The molecule has 0 saturated carbocycles. The summed E-state index contributed by atoms with van der Waals surface area (Å²) in [5, 5.41) is 12.2. The smallest absolute Gasteiger partial charge is 0.351 e. The highest BCUT2D eigenvalue weighted by molar-refractivity contribution is 6.34. The van der Waals surface area contributed by atoms with E-state index in [0.717, 1.165) is 5.69 Å². The highest BCUT2D eigenvalue weighted by Gasteiger charge is 1.99. The molecule has 0 bridgehead atoms. The van der Waals surface area contributed by atoms with Crippen molar-refractivity contribution in [3.63, 3.8) is 0 Å². The summed E-state index contributed by atoms with van der Waals surface area (Å²) in [6, 6.07) is 9.16. The molecule has 0 unspecified atom stereocenters. The Bertz CT molecular complexity index is 320. The molecule has 1 aromatic rings. The fourth-order valence-electron chi connectivity index (χ4n) is 0.709. The second-order valence-corrected chi connectivity index (χ2v) is 2.48. The summed E-state index contributed by atoms with van der Waals surface area (Å²) in [5.41, 5.74) is 3.43. The third-order valence-corrected chi connectivity index (χ3v) is 1.44. The lowest BCUT2D eigenvalue weighted by molar-refractivity contribution is -0.129. The van der Waals surface area contributed by atoms with Gasteiger partial charge in [-0.05, 0) is 19.1 Å². The van der Waals surface area contributed by atoms with Crippen LogP contribution in [-0.4, -0.2) is 16.8 Å². The van der Waals surface area contributed by atoms with Gasteiger partial charge in [-0.25, -0.2) is 4.79 Å². The van der Waals surface area contributed by atoms with Gasteiger partial charge in [0.1, 0.15) is 5.71 Å². The average molecular weight is 178 g/mol. The molecule has 0 aliphatic carbocycles. The Hall–Kier alpha value is -1.84. The Labute approximate surface area is 75.9 Å². The van der Waals surface area contributed by atoms with Crippen LogP contribution >= 0.6 is 0 Å². The van der Waals surface area contributed by atoms with Crippen molar-refractivity contribution in [2.45, 2.75) is 6.92 Å². The van der Waals surface area contributed by atoms with Crippen LogP contribution in [0.5, 0.6) is 0 Å². The Morgan fingerprint density at radius 3 is 2.54 bits per heavy atom.